The zero-order valence-corrected chi connectivity index (χ0v) is 13.1. The summed E-state index contributed by atoms with van der Waals surface area (Å²) >= 11 is 3.03. The first-order valence-electron chi connectivity index (χ1n) is 6.03. The second-order valence-electron chi connectivity index (χ2n) is 5.56. The summed E-state index contributed by atoms with van der Waals surface area (Å²) in [6, 6.07) is 4.36. The lowest BCUT2D eigenvalue weighted by atomic mass is 9.84. The normalized spacial score (nSPS) is 12.6. The summed E-state index contributed by atoms with van der Waals surface area (Å²) in [5, 5.41) is 20.7. The van der Waals surface area contributed by atoms with Crippen LogP contribution in [-0.2, 0) is 4.79 Å². The molecule has 0 aromatic heterocycles. The Morgan fingerprint density at radius 2 is 2.15 bits per heavy atom. The lowest BCUT2D eigenvalue weighted by Gasteiger charge is -2.31. The molecule has 20 heavy (non-hydrogen) atoms. The molecule has 6 heteroatoms. The van der Waals surface area contributed by atoms with E-state index in [1.807, 2.05) is 26.8 Å². The Kier molecular flexibility index (Phi) is 5.12. The van der Waals surface area contributed by atoms with Crippen LogP contribution in [0.1, 0.15) is 32.8 Å². The predicted molar refractivity (Wildman–Crippen MR) is 77.9 cm³/mol. The van der Waals surface area contributed by atoms with Crippen LogP contribution in [0.15, 0.2) is 16.6 Å². The molecule has 1 unspecified atom stereocenters. The van der Waals surface area contributed by atoms with Gasteiger partial charge in [-0.05, 0) is 33.5 Å². The van der Waals surface area contributed by atoms with Gasteiger partial charge in [-0.15, -0.1) is 0 Å². The van der Waals surface area contributed by atoms with Gasteiger partial charge in [-0.2, -0.15) is 5.26 Å². The van der Waals surface area contributed by atoms with Crippen molar-refractivity contribution in [3.8, 4) is 6.07 Å². The van der Waals surface area contributed by atoms with Crippen LogP contribution in [0.3, 0.4) is 0 Å². The van der Waals surface area contributed by atoms with Crippen LogP contribution >= 0.6 is 15.9 Å². The van der Waals surface area contributed by atoms with Crippen molar-refractivity contribution in [3.63, 3.8) is 0 Å². The maximum Gasteiger partial charge on any atom is 0.305 e. The third-order valence-electron chi connectivity index (χ3n) is 2.96. The lowest BCUT2D eigenvalue weighted by molar-refractivity contribution is -0.137. The molecular formula is C14H16BrFN2O2. The number of aliphatic carboxylic acids is 1. The number of rotatable bonds is 4. The Hall–Kier alpha value is -1.61. The van der Waals surface area contributed by atoms with E-state index < -0.39 is 17.8 Å². The number of anilines is 1. The highest BCUT2D eigenvalue weighted by atomic mass is 79.9. The van der Waals surface area contributed by atoms with Gasteiger partial charge in [-0.1, -0.05) is 20.8 Å². The number of carboxylic acid groups (broad SMARTS) is 1. The summed E-state index contributed by atoms with van der Waals surface area (Å²) in [7, 11) is 0. The number of hydrogen-bond donors (Lipinski definition) is 2. The van der Waals surface area contributed by atoms with Gasteiger partial charge in [-0.3, -0.25) is 4.79 Å². The molecular weight excluding hydrogens is 327 g/mol. The Labute approximate surface area is 125 Å². The van der Waals surface area contributed by atoms with Gasteiger partial charge in [0.15, 0.2) is 5.82 Å². The van der Waals surface area contributed by atoms with Crippen molar-refractivity contribution in [1.29, 1.82) is 5.26 Å². The molecule has 0 saturated carbocycles. The molecule has 0 heterocycles. The highest BCUT2D eigenvalue weighted by molar-refractivity contribution is 9.10. The molecule has 0 radical (unpaired) electrons. The van der Waals surface area contributed by atoms with Crippen molar-refractivity contribution >= 4 is 27.6 Å². The topological polar surface area (TPSA) is 73.1 Å². The van der Waals surface area contributed by atoms with Gasteiger partial charge in [-0.25, -0.2) is 4.39 Å². The van der Waals surface area contributed by atoms with Crippen molar-refractivity contribution in [2.45, 2.75) is 33.2 Å². The van der Waals surface area contributed by atoms with Crippen LogP contribution in [-0.4, -0.2) is 17.1 Å². The fourth-order valence-electron chi connectivity index (χ4n) is 1.68. The van der Waals surface area contributed by atoms with E-state index in [-0.39, 0.29) is 27.6 Å². The maximum atomic E-state index is 14.1. The number of nitrogens with one attached hydrogen (secondary N) is 1. The van der Waals surface area contributed by atoms with Crippen molar-refractivity contribution in [3.05, 3.63) is 28.0 Å². The molecule has 0 spiro atoms. The molecule has 1 rings (SSSR count). The van der Waals surface area contributed by atoms with E-state index in [2.05, 4.69) is 21.2 Å². The number of benzene rings is 1. The monoisotopic (exact) mass is 342 g/mol. The first-order valence-corrected chi connectivity index (χ1v) is 6.82. The van der Waals surface area contributed by atoms with Gasteiger partial charge in [0.05, 0.1) is 22.1 Å². The Bertz CT molecular complexity index is 562. The quantitative estimate of drug-likeness (QED) is 0.873. The molecule has 1 aromatic rings. The maximum absolute atomic E-state index is 14.1. The van der Waals surface area contributed by atoms with Gasteiger partial charge in [0.25, 0.3) is 0 Å². The largest absolute Gasteiger partial charge is 0.481 e. The minimum atomic E-state index is -0.953. The van der Waals surface area contributed by atoms with Crippen LogP contribution in [0, 0.1) is 22.6 Å². The summed E-state index contributed by atoms with van der Waals surface area (Å²) in [6.45, 7) is 5.64. The first-order chi connectivity index (χ1) is 9.16. The van der Waals surface area contributed by atoms with Crippen LogP contribution in [0.4, 0.5) is 10.1 Å². The molecule has 1 aromatic carbocycles. The third kappa shape index (κ3) is 3.94. The summed E-state index contributed by atoms with van der Waals surface area (Å²) in [5.74, 6) is -1.55. The molecule has 2 N–H and O–H groups in total. The SMILES string of the molecule is CC(C)(C)C(CC(=O)O)Nc1ccc(C#N)c(Br)c1F. The molecule has 0 aliphatic carbocycles. The van der Waals surface area contributed by atoms with E-state index in [1.165, 1.54) is 12.1 Å². The fourth-order valence-corrected chi connectivity index (χ4v) is 2.12. The molecule has 0 fully saturated rings. The zero-order valence-electron chi connectivity index (χ0n) is 11.5. The minimum absolute atomic E-state index is 0.0768. The molecule has 108 valence electrons. The van der Waals surface area contributed by atoms with Crippen LogP contribution in [0.2, 0.25) is 0 Å². The average Bonchev–Trinajstić information content (AvgIpc) is 2.32. The number of carboxylic acids is 1. The summed E-state index contributed by atoms with van der Waals surface area (Å²) < 4.78 is 14.2. The first kappa shape index (κ1) is 16.4. The van der Waals surface area contributed by atoms with Gasteiger partial charge in [0.2, 0.25) is 0 Å². The van der Waals surface area contributed by atoms with E-state index in [0.29, 0.717) is 0 Å². The molecule has 0 saturated heterocycles. The van der Waals surface area contributed by atoms with E-state index in [9.17, 15) is 9.18 Å². The van der Waals surface area contributed by atoms with Crippen molar-refractivity contribution in [2.24, 2.45) is 5.41 Å². The van der Waals surface area contributed by atoms with E-state index in [1.54, 1.807) is 0 Å². The van der Waals surface area contributed by atoms with E-state index >= 15 is 0 Å². The van der Waals surface area contributed by atoms with Gasteiger partial charge in [0.1, 0.15) is 6.07 Å². The smallest absolute Gasteiger partial charge is 0.305 e. The molecule has 0 amide bonds. The number of nitrogens with zero attached hydrogens (tertiary/aromatic N) is 1. The fraction of sp³-hybridized carbons (Fsp3) is 0.429. The highest BCUT2D eigenvalue weighted by Gasteiger charge is 2.28. The number of halogens is 2. The van der Waals surface area contributed by atoms with Gasteiger partial charge in [0, 0.05) is 6.04 Å². The standard InChI is InChI=1S/C14H16BrFN2O2/c1-14(2,3)10(6-11(19)20)18-9-5-4-8(7-17)12(15)13(9)16/h4-5,10,18H,6H2,1-3H3,(H,19,20). The van der Waals surface area contributed by atoms with Crippen molar-refractivity contribution < 1.29 is 14.3 Å². The molecule has 1 atom stereocenters. The van der Waals surface area contributed by atoms with Crippen LogP contribution < -0.4 is 5.32 Å². The Morgan fingerprint density at radius 3 is 2.60 bits per heavy atom. The van der Waals surface area contributed by atoms with E-state index in [4.69, 9.17) is 10.4 Å². The Morgan fingerprint density at radius 1 is 1.55 bits per heavy atom. The zero-order chi connectivity index (χ0) is 15.5. The van der Waals surface area contributed by atoms with Crippen LogP contribution in [0.25, 0.3) is 0 Å². The highest BCUT2D eigenvalue weighted by Crippen LogP contribution is 2.31. The second-order valence-corrected chi connectivity index (χ2v) is 6.35. The average molecular weight is 343 g/mol. The van der Waals surface area contributed by atoms with Gasteiger partial charge < -0.3 is 10.4 Å². The number of hydrogen-bond acceptors (Lipinski definition) is 3. The van der Waals surface area contributed by atoms with Crippen molar-refractivity contribution in [2.75, 3.05) is 5.32 Å². The summed E-state index contributed by atoms with van der Waals surface area (Å²) in [6.07, 6.45) is -0.124. The lowest BCUT2D eigenvalue weighted by Crippen LogP contribution is -2.36. The molecule has 0 aliphatic heterocycles. The van der Waals surface area contributed by atoms with Crippen molar-refractivity contribution in [1.82, 2.24) is 0 Å². The number of carbonyl (C=O) groups is 1. The van der Waals surface area contributed by atoms with Gasteiger partial charge >= 0.3 is 5.97 Å². The summed E-state index contributed by atoms with van der Waals surface area (Å²) in [5.41, 5.74) is 0.0150. The molecule has 4 nitrogen and oxygen atoms in total. The molecule has 0 aliphatic rings. The van der Waals surface area contributed by atoms with E-state index in [0.717, 1.165) is 0 Å². The Balaban J connectivity index is 3.10. The number of nitriles is 1. The van der Waals surface area contributed by atoms with Crippen LogP contribution in [0.5, 0.6) is 0 Å². The third-order valence-corrected chi connectivity index (χ3v) is 3.73. The minimum Gasteiger partial charge on any atom is -0.481 e. The predicted octanol–water partition coefficient (Wildman–Crippen LogP) is 3.76. The second kappa shape index (κ2) is 6.23. The summed E-state index contributed by atoms with van der Waals surface area (Å²) in [4.78, 5) is 10.9. The molecule has 0 bridgehead atoms.